The van der Waals surface area contributed by atoms with Crippen LogP contribution in [0, 0.1) is 5.82 Å². The Labute approximate surface area is 130 Å². The van der Waals surface area contributed by atoms with Gasteiger partial charge in [0.15, 0.2) is 5.82 Å². The van der Waals surface area contributed by atoms with Gasteiger partial charge in [-0.3, -0.25) is 0 Å². The van der Waals surface area contributed by atoms with Crippen LogP contribution in [0.1, 0.15) is 0 Å². The van der Waals surface area contributed by atoms with Gasteiger partial charge in [-0.1, -0.05) is 17.7 Å². The Morgan fingerprint density at radius 3 is 2.71 bits per heavy atom. The van der Waals surface area contributed by atoms with E-state index in [2.05, 4.69) is 9.97 Å². The molecule has 0 aliphatic carbocycles. The van der Waals surface area contributed by atoms with Crippen LogP contribution < -0.4 is 4.74 Å². The molecule has 2 heterocycles. The lowest BCUT2D eigenvalue weighted by atomic mass is 9.99. The first-order valence-corrected chi connectivity index (χ1v) is 7.39. The van der Waals surface area contributed by atoms with Gasteiger partial charge in [0.25, 0.3) is 0 Å². The van der Waals surface area contributed by atoms with Gasteiger partial charge in [0.1, 0.15) is 0 Å². The number of benzene rings is 1. The van der Waals surface area contributed by atoms with Crippen LogP contribution in [-0.2, 0) is 0 Å². The van der Waals surface area contributed by atoms with E-state index in [9.17, 15) is 4.39 Å². The van der Waals surface area contributed by atoms with Crippen LogP contribution in [0.5, 0.6) is 5.88 Å². The second-order valence-electron chi connectivity index (χ2n) is 4.28. The molecule has 2 aromatic heterocycles. The summed E-state index contributed by atoms with van der Waals surface area (Å²) in [7, 11) is 1.38. The summed E-state index contributed by atoms with van der Waals surface area (Å²) in [4.78, 5) is 8.26. The second kappa shape index (κ2) is 5.79. The molecule has 6 heteroatoms. The van der Waals surface area contributed by atoms with Crippen LogP contribution in [0.3, 0.4) is 0 Å². The molecule has 3 aromatic rings. The molecule has 0 aliphatic rings. The highest BCUT2D eigenvalue weighted by molar-refractivity contribution is 7.07. The maximum Gasteiger partial charge on any atom is 0.250 e. The lowest BCUT2D eigenvalue weighted by Crippen LogP contribution is -1.93. The summed E-state index contributed by atoms with van der Waals surface area (Å²) in [6.45, 7) is 0. The number of methoxy groups -OCH3 is 1. The van der Waals surface area contributed by atoms with Gasteiger partial charge in [0.05, 0.1) is 18.3 Å². The highest BCUT2D eigenvalue weighted by atomic mass is 35.5. The van der Waals surface area contributed by atoms with Crippen molar-refractivity contribution in [1.82, 2.24) is 9.97 Å². The molecule has 21 heavy (non-hydrogen) atoms. The van der Waals surface area contributed by atoms with Gasteiger partial charge in [0.2, 0.25) is 5.88 Å². The Balaban J connectivity index is 2.16. The van der Waals surface area contributed by atoms with Gasteiger partial charge >= 0.3 is 0 Å². The summed E-state index contributed by atoms with van der Waals surface area (Å²) in [5.74, 6) is -0.530. The van der Waals surface area contributed by atoms with Gasteiger partial charge in [-0.2, -0.15) is 0 Å². The van der Waals surface area contributed by atoms with E-state index < -0.39 is 5.82 Å². The summed E-state index contributed by atoms with van der Waals surface area (Å²) in [6.07, 6.45) is 1.57. The minimum atomic E-state index is -0.505. The smallest absolute Gasteiger partial charge is 0.250 e. The van der Waals surface area contributed by atoms with Crippen LogP contribution in [0.15, 0.2) is 41.4 Å². The summed E-state index contributed by atoms with van der Waals surface area (Å²) >= 11 is 7.56. The minimum absolute atomic E-state index is 0.0251. The standard InChI is InChI=1S/C15H10ClFN2OS/c1-20-15-13(17)4-9(6-18-15)11-3-2-10(16)5-12(11)14-7-21-8-19-14/h2-8H,1H3. The van der Waals surface area contributed by atoms with Crippen LogP contribution >= 0.6 is 22.9 Å². The number of pyridine rings is 1. The molecule has 0 fully saturated rings. The molecule has 0 N–H and O–H groups in total. The number of rotatable bonds is 3. The van der Waals surface area contributed by atoms with Crippen molar-refractivity contribution in [2.75, 3.05) is 7.11 Å². The highest BCUT2D eigenvalue weighted by Crippen LogP contribution is 2.34. The molecule has 0 amide bonds. The maximum atomic E-state index is 13.9. The third kappa shape index (κ3) is 2.75. The molecule has 3 nitrogen and oxygen atoms in total. The third-order valence-electron chi connectivity index (χ3n) is 3.00. The molecule has 0 unspecified atom stereocenters. The summed E-state index contributed by atoms with van der Waals surface area (Å²) < 4.78 is 18.7. The van der Waals surface area contributed by atoms with E-state index in [1.807, 2.05) is 17.5 Å². The Bertz CT molecular complexity index is 777. The molecule has 0 aliphatic heterocycles. The Hall–Kier alpha value is -1.98. The Kier molecular flexibility index (Phi) is 3.86. The zero-order chi connectivity index (χ0) is 14.8. The first-order chi connectivity index (χ1) is 10.2. The molecule has 106 valence electrons. The lowest BCUT2D eigenvalue weighted by molar-refractivity contribution is 0.369. The lowest BCUT2D eigenvalue weighted by Gasteiger charge is -2.09. The predicted octanol–water partition coefficient (Wildman–Crippen LogP) is 4.67. The van der Waals surface area contributed by atoms with Gasteiger partial charge in [0, 0.05) is 27.7 Å². The molecular weight excluding hydrogens is 311 g/mol. The zero-order valence-corrected chi connectivity index (χ0v) is 12.6. The summed E-state index contributed by atoms with van der Waals surface area (Å²) in [5, 5.41) is 2.52. The van der Waals surface area contributed by atoms with Crippen molar-refractivity contribution in [3.63, 3.8) is 0 Å². The summed E-state index contributed by atoms with van der Waals surface area (Å²) in [6, 6.07) is 6.80. The fourth-order valence-electron chi connectivity index (χ4n) is 2.05. The predicted molar refractivity (Wildman–Crippen MR) is 82.3 cm³/mol. The molecule has 3 rings (SSSR count). The minimum Gasteiger partial charge on any atom is -0.479 e. The first-order valence-electron chi connectivity index (χ1n) is 6.07. The number of thiazole rings is 1. The number of ether oxygens (including phenoxy) is 1. The van der Waals surface area contributed by atoms with Crippen molar-refractivity contribution in [3.8, 4) is 28.3 Å². The van der Waals surface area contributed by atoms with Crippen LogP contribution in [0.2, 0.25) is 5.02 Å². The molecule has 0 radical (unpaired) electrons. The fraction of sp³-hybridized carbons (Fsp3) is 0.0667. The molecule has 1 aromatic carbocycles. The van der Waals surface area contributed by atoms with Crippen molar-refractivity contribution in [2.24, 2.45) is 0 Å². The van der Waals surface area contributed by atoms with Gasteiger partial charge in [-0.25, -0.2) is 14.4 Å². The number of hydrogen-bond acceptors (Lipinski definition) is 4. The SMILES string of the molecule is COc1ncc(-c2ccc(Cl)cc2-c2cscn2)cc1F. The van der Waals surface area contributed by atoms with Gasteiger partial charge in [-0.15, -0.1) is 11.3 Å². The van der Waals surface area contributed by atoms with Crippen molar-refractivity contribution < 1.29 is 9.13 Å². The normalized spacial score (nSPS) is 10.6. The van der Waals surface area contributed by atoms with Crippen molar-refractivity contribution in [2.45, 2.75) is 0 Å². The molecule has 0 atom stereocenters. The fourth-order valence-corrected chi connectivity index (χ4v) is 2.77. The first kappa shape index (κ1) is 14.0. The molecule has 0 saturated carbocycles. The quantitative estimate of drug-likeness (QED) is 0.703. The molecule has 0 saturated heterocycles. The second-order valence-corrected chi connectivity index (χ2v) is 5.43. The molecular formula is C15H10ClFN2OS. The van der Waals surface area contributed by atoms with E-state index in [0.717, 1.165) is 16.8 Å². The van der Waals surface area contributed by atoms with Crippen LogP contribution in [0.4, 0.5) is 4.39 Å². The van der Waals surface area contributed by atoms with E-state index >= 15 is 0 Å². The molecule has 0 bridgehead atoms. The number of halogens is 2. The zero-order valence-electron chi connectivity index (χ0n) is 11.0. The Morgan fingerprint density at radius 2 is 2.05 bits per heavy atom. The maximum absolute atomic E-state index is 13.9. The van der Waals surface area contributed by atoms with E-state index in [1.54, 1.807) is 17.8 Å². The number of nitrogens with zero attached hydrogens (tertiary/aromatic N) is 2. The summed E-state index contributed by atoms with van der Waals surface area (Å²) in [5.41, 5.74) is 4.85. The highest BCUT2D eigenvalue weighted by Gasteiger charge is 2.13. The topological polar surface area (TPSA) is 35.0 Å². The van der Waals surface area contributed by atoms with E-state index in [1.165, 1.54) is 24.5 Å². The monoisotopic (exact) mass is 320 g/mol. The van der Waals surface area contributed by atoms with Crippen LogP contribution in [-0.4, -0.2) is 17.1 Å². The number of hydrogen-bond donors (Lipinski definition) is 0. The molecule has 0 spiro atoms. The van der Waals surface area contributed by atoms with Crippen molar-refractivity contribution in [1.29, 1.82) is 0 Å². The van der Waals surface area contributed by atoms with E-state index in [4.69, 9.17) is 16.3 Å². The third-order valence-corrected chi connectivity index (χ3v) is 3.82. The van der Waals surface area contributed by atoms with Gasteiger partial charge < -0.3 is 4.74 Å². The average Bonchev–Trinajstić information content (AvgIpc) is 3.01. The largest absolute Gasteiger partial charge is 0.479 e. The van der Waals surface area contributed by atoms with E-state index in [-0.39, 0.29) is 5.88 Å². The van der Waals surface area contributed by atoms with Crippen LogP contribution in [0.25, 0.3) is 22.4 Å². The van der Waals surface area contributed by atoms with Crippen molar-refractivity contribution in [3.05, 3.63) is 52.2 Å². The van der Waals surface area contributed by atoms with Gasteiger partial charge in [-0.05, 0) is 23.8 Å². The van der Waals surface area contributed by atoms with E-state index in [0.29, 0.717) is 10.6 Å². The Morgan fingerprint density at radius 1 is 1.19 bits per heavy atom. The number of aromatic nitrogens is 2. The average molecular weight is 321 g/mol. The van der Waals surface area contributed by atoms with Crippen molar-refractivity contribution >= 4 is 22.9 Å².